The predicted octanol–water partition coefficient (Wildman–Crippen LogP) is 1.51. The third-order valence-electron chi connectivity index (χ3n) is 2.81. The van der Waals surface area contributed by atoms with Crippen molar-refractivity contribution in [3.63, 3.8) is 0 Å². The summed E-state index contributed by atoms with van der Waals surface area (Å²) in [5, 5.41) is 8.87. The highest BCUT2D eigenvalue weighted by Gasteiger charge is 2.31. The molecule has 19 heavy (non-hydrogen) atoms. The lowest BCUT2D eigenvalue weighted by atomic mass is 10.1. The summed E-state index contributed by atoms with van der Waals surface area (Å²) in [6.45, 7) is 0.271. The van der Waals surface area contributed by atoms with Crippen molar-refractivity contribution in [2.24, 2.45) is 0 Å². The molecule has 0 saturated carbocycles. The molecule has 1 aliphatic heterocycles. The number of ether oxygens (including phenoxy) is 1. The first-order chi connectivity index (χ1) is 9.00. The van der Waals surface area contributed by atoms with Crippen LogP contribution in [0.4, 0.5) is 4.39 Å². The summed E-state index contributed by atoms with van der Waals surface area (Å²) in [4.78, 5) is 24.3. The van der Waals surface area contributed by atoms with Gasteiger partial charge < -0.3 is 14.7 Å². The van der Waals surface area contributed by atoms with E-state index >= 15 is 0 Å². The molecular weight excluding hydrogens is 321 g/mol. The fourth-order valence-corrected chi connectivity index (χ4v) is 2.35. The fourth-order valence-electron chi connectivity index (χ4n) is 1.84. The molecule has 1 aliphatic rings. The number of carbonyl (C=O) groups excluding carboxylic acids is 1. The molecule has 5 nitrogen and oxygen atoms in total. The van der Waals surface area contributed by atoms with E-state index < -0.39 is 23.8 Å². The third-order valence-corrected chi connectivity index (χ3v) is 3.47. The summed E-state index contributed by atoms with van der Waals surface area (Å²) < 4.78 is 19.0. The summed E-state index contributed by atoms with van der Waals surface area (Å²) in [6, 6.07) is 4.23. The SMILES string of the molecule is O=C(O)C1CN(C(=O)c2c(F)cccc2Br)CCO1. The summed E-state index contributed by atoms with van der Waals surface area (Å²) in [5.74, 6) is -2.32. The lowest BCUT2D eigenvalue weighted by molar-refractivity contribution is -0.154. The van der Waals surface area contributed by atoms with Crippen molar-refractivity contribution in [1.29, 1.82) is 0 Å². The summed E-state index contributed by atoms with van der Waals surface area (Å²) in [6.07, 6.45) is -1.07. The number of rotatable bonds is 2. The van der Waals surface area contributed by atoms with Gasteiger partial charge in [0.15, 0.2) is 6.10 Å². The maximum absolute atomic E-state index is 13.7. The van der Waals surface area contributed by atoms with E-state index in [0.29, 0.717) is 4.47 Å². The molecule has 1 fully saturated rings. The van der Waals surface area contributed by atoms with Crippen LogP contribution in [-0.2, 0) is 9.53 Å². The van der Waals surface area contributed by atoms with Crippen LogP contribution in [0, 0.1) is 5.82 Å². The minimum absolute atomic E-state index is 0.0884. The zero-order chi connectivity index (χ0) is 14.0. The Morgan fingerprint density at radius 1 is 1.47 bits per heavy atom. The van der Waals surface area contributed by atoms with Crippen LogP contribution in [0.1, 0.15) is 10.4 Å². The van der Waals surface area contributed by atoms with Crippen molar-refractivity contribution in [2.45, 2.75) is 6.10 Å². The van der Waals surface area contributed by atoms with E-state index in [9.17, 15) is 14.0 Å². The third kappa shape index (κ3) is 2.93. The number of carboxylic acid groups (broad SMARTS) is 1. The highest BCUT2D eigenvalue weighted by Crippen LogP contribution is 2.22. The Morgan fingerprint density at radius 2 is 2.21 bits per heavy atom. The van der Waals surface area contributed by atoms with Gasteiger partial charge in [-0.25, -0.2) is 9.18 Å². The van der Waals surface area contributed by atoms with E-state index in [2.05, 4.69) is 15.9 Å². The number of aliphatic carboxylic acids is 1. The second-order valence-electron chi connectivity index (χ2n) is 4.05. The van der Waals surface area contributed by atoms with Gasteiger partial charge >= 0.3 is 5.97 Å². The Morgan fingerprint density at radius 3 is 2.84 bits per heavy atom. The van der Waals surface area contributed by atoms with Crippen molar-refractivity contribution in [2.75, 3.05) is 19.7 Å². The van der Waals surface area contributed by atoms with Crippen molar-refractivity contribution >= 4 is 27.8 Å². The molecule has 7 heteroatoms. The van der Waals surface area contributed by atoms with Gasteiger partial charge in [0, 0.05) is 11.0 Å². The molecule has 102 valence electrons. The molecule has 1 aromatic carbocycles. The number of hydrogen-bond acceptors (Lipinski definition) is 3. The highest BCUT2D eigenvalue weighted by molar-refractivity contribution is 9.10. The quantitative estimate of drug-likeness (QED) is 0.892. The summed E-state index contributed by atoms with van der Waals surface area (Å²) in [7, 11) is 0. The molecule has 1 amide bonds. The number of hydrogen-bond donors (Lipinski definition) is 1. The lowest BCUT2D eigenvalue weighted by Gasteiger charge is -2.31. The van der Waals surface area contributed by atoms with Gasteiger partial charge in [0.1, 0.15) is 5.82 Å². The van der Waals surface area contributed by atoms with Crippen LogP contribution in [0.2, 0.25) is 0 Å². The second-order valence-corrected chi connectivity index (χ2v) is 4.90. The number of morpholine rings is 1. The lowest BCUT2D eigenvalue weighted by Crippen LogP contribution is -2.48. The van der Waals surface area contributed by atoms with Crippen LogP contribution in [0.5, 0.6) is 0 Å². The van der Waals surface area contributed by atoms with E-state index in [1.54, 1.807) is 6.07 Å². The van der Waals surface area contributed by atoms with E-state index in [0.717, 1.165) is 0 Å². The summed E-state index contributed by atoms with van der Waals surface area (Å²) in [5.41, 5.74) is -0.0893. The molecule has 1 N–H and O–H groups in total. The molecule has 0 radical (unpaired) electrons. The smallest absolute Gasteiger partial charge is 0.334 e. The molecule has 1 heterocycles. The fraction of sp³-hybridized carbons (Fsp3) is 0.333. The van der Waals surface area contributed by atoms with E-state index in [-0.39, 0.29) is 25.3 Å². The highest BCUT2D eigenvalue weighted by atomic mass is 79.9. The number of amides is 1. The van der Waals surface area contributed by atoms with Crippen LogP contribution in [0.25, 0.3) is 0 Å². The molecular formula is C12H11BrFNO4. The van der Waals surface area contributed by atoms with Crippen LogP contribution in [0.3, 0.4) is 0 Å². The maximum Gasteiger partial charge on any atom is 0.334 e. The number of nitrogens with zero attached hydrogens (tertiary/aromatic N) is 1. The zero-order valence-electron chi connectivity index (χ0n) is 9.81. The van der Waals surface area contributed by atoms with Gasteiger partial charge in [-0.05, 0) is 28.1 Å². The Labute approximate surface area is 117 Å². The second kappa shape index (κ2) is 5.66. The molecule has 0 bridgehead atoms. The molecule has 1 aromatic rings. The number of carboxylic acids is 1. The number of carbonyl (C=O) groups is 2. The Bertz CT molecular complexity index is 502. The minimum atomic E-state index is -1.13. The van der Waals surface area contributed by atoms with Gasteiger partial charge in [0.2, 0.25) is 0 Å². The first-order valence-corrected chi connectivity index (χ1v) is 6.37. The van der Waals surface area contributed by atoms with Crippen molar-refractivity contribution in [1.82, 2.24) is 4.90 Å². The largest absolute Gasteiger partial charge is 0.479 e. The van der Waals surface area contributed by atoms with E-state index in [1.807, 2.05) is 0 Å². The first-order valence-electron chi connectivity index (χ1n) is 5.58. The van der Waals surface area contributed by atoms with Crippen molar-refractivity contribution in [3.05, 3.63) is 34.1 Å². The van der Waals surface area contributed by atoms with Crippen molar-refractivity contribution in [3.8, 4) is 0 Å². The zero-order valence-corrected chi connectivity index (χ0v) is 11.4. The predicted molar refractivity (Wildman–Crippen MR) is 67.4 cm³/mol. The normalized spacial score (nSPS) is 19.3. The number of benzene rings is 1. The average Bonchev–Trinajstić information content (AvgIpc) is 2.38. The van der Waals surface area contributed by atoms with E-state index in [1.165, 1.54) is 17.0 Å². The minimum Gasteiger partial charge on any atom is -0.479 e. The topological polar surface area (TPSA) is 66.8 Å². The van der Waals surface area contributed by atoms with Crippen LogP contribution >= 0.6 is 15.9 Å². The Kier molecular flexibility index (Phi) is 4.16. The summed E-state index contributed by atoms with van der Waals surface area (Å²) >= 11 is 3.12. The van der Waals surface area contributed by atoms with Crippen molar-refractivity contribution < 1.29 is 23.8 Å². The van der Waals surface area contributed by atoms with E-state index in [4.69, 9.17) is 9.84 Å². The standard InChI is InChI=1S/C12H11BrFNO4/c13-7-2-1-3-8(14)10(7)11(16)15-4-5-19-9(6-15)12(17)18/h1-3,9H,4-6H2,(H,17,18). The molecule has 0 aliphatic carbocycles. The van der Waals surface area contributed by atoms with Gasteiger partial charge in [0.25, 0.3) is 5.91 Å². The average molecular weight is 332 g/mol. The van der Waals surface area contributed by atoms with Crippen LogP contribution in [0.15, 0.2) is 22.7 Å². The van der Waals surface area contributed by atoms with Crippen LogP contribution in [-0.4, -0.2) is 47.7 Å². The Balaban J connectivity index is 2.22. The monoisotopic (exact) mass is 331 g/mol. The molecule has 2 rings (SSSR count). The Hall–Kier alpha value is -1.47. The van der Waals surface area contributed by atoms with Gasteiger partial charge in [0.05, 0.1) is 18.7 Å². The van der Waals surface area contributed by atoms with Gasteiger partial charge in [-0.3, -0.25) is 4.79 Å². The van der Waals surface area contributed by atoms with Gasteiger partial charge in [-0.1, -0.05) is 6.07 Å². The van der Waals surface area contributed by atoms with Crippen LogP contribution < -0.4 is 0 Å². The molecule has 1 saturated heterocycles. The van der Waals surface area contributed by atoms with Gasteiger partial charge in [-0.15, -0.1) is 0 Å². The molecule has 0 spiro atoms. The maximum atomic E-state index is 13.7. The number of halogens is 2. The molecule has 1 unspecified atom stereocenters. The molecule has 1 atom stereocenters. The first kappa shape index (κ1) is 14.0. The van der Waals surface area contributed by atoms with Gasteiger partial charge in [-0.2, -0.15) is 0 Å². The molecule has 0 aromatic heterocycles.